The Morgan fingerprint density at radius 3 is 2.75 bits per heavy atom. The van der Waals surface area contributed by atoms with E-state index in [-0.39, 0.29) is 11.8 Å². The minimum atomic E-state index is -0.506. The van der Waals surface area contributed by atoms with Gasteiger partial charge in [0.15, 0.2) is 5.13 Å². The van der Waals surface area contributed by atoms with E-state index >= 15 is 0 Å². The maximum Gasteiger partial charge on any atom is 0.243 e. The van der Waals surface area contributed by atoms with Crippen molar-refractivity contribution in [3.05, 3.63) is 21.9 Å². The van der Waals surface area contributed by atoms with Crippen molar-refractivity contribution in [2.75, 3.05) is 5.32 Å². The molecule has 0 saturated heterocycles. The molecular weight excluding hydrogens is 344 g/mol. The SMILES string of the molecule is CCCC(N)C(=O)Nc1nc(-c2ccc(CNC(C)=O)s2)c(C)s1. The van der Waals surface area contributed by atoms with Gasteiger partial charge in [-0.15, -0.1) is 22.7 Å². The van der Waals surface area contributed by atoms with Gasteiger partial charge in [-0.05, 0) is 25.5 Å². The highest BCUT2D eigenvalue weighted by atomic mass is 32.1. The molecule has 0 aliphatic heterocycles. The molecule has 2 rings (SSSR count). The van der Waals surface area contributed by atoms with Crippen LogP contribution in [0.5, 0.6) is 0 Å². The average molecular weight is 367 g/mol. The minimum Gasteiger partial charge on any atom is -0.351 e. The van der Waals surface area contributed by atoms with E-state index in [4.69, 9.17) is 5.73 Å². The molecule has 2 aromatic rings. The first-order valence-electron chi connectivity index (χ1n) is 7.78. The number of hydrogen-bond acceptors (Lipinski definition) is 6. The standard InChI is InChI=1S/C16H22N4O2S2/c1-4-5-12(17)15(22)20-16-19-14(9(2)23-16)13-7-6-11(24-13)8-18-10(3)21/h6-7,12H,4-5,8,17H2,1-3H3,(H,18,21)(H,19,20,22). The summed E-state index contributed by atoms with van der Waals surface area (Å²) in [5, 5.41) is 6.14. The summed E-state index contributed by atoms with van der Waals surface area (Å²) in [4.78, 5) is 30.6. The number of anilines is 1. The summed E-state index contributed by atoms with van der Waals surface area (Å²) in [5.41, 5.74) is 6.68. The summed E-state index contributed by atoms with van der Waals surface area (Å²) >= 11 is 3.02. The van der Waals surface area contributed by atoms with E-state index in [0.29, 0.717) is 18.1 Å². The summed E-state index contributed by atoms with van der Waals surface area (Å²) in [7, 11) is 0. The first-order valence-corrected chi connectivity index (χ1v) is 9.41. The Labute approximate surface area is 149 Å². The number of carbonyl (C=O) groups excluding carboxylic acids is 2. The van der Waals surface area contributed by atoms with Gasteiger partial charge in [-0.3, -0.25) is 9.59 Å². The zero-order chi connectivity index (χ0) is 17.7. The Morgan fingerprint density at radius 1 is 1.33 bits per heavy atom. The Hall–Kier alpha value is -1.77. The van der Waals surface area contributed by atoms with Gasteiger partial charge in [0.2, 0.25) is 11.8 Å². The summed E-state index contributed by atoms with van der Waals surface area (Å²) in [6.45, 7) is 5.98. The topological polar surface area (TPSA) is 97.1 Å². The molecule has 0 saturated carbocycles. The molecule has 4 N–H and O–H groups in total. The molecule has 6 nitrogen and oxygen atoms in total. The summed E-state index contributed by atoms with van der Waals surface area (Å²) < 4.78 is 0. The van der Waals surface area contributed by atoms with E-state index in [1.807, 2.05) is 26.0 Å². The van der Waals surface area contributed by atoms with Crippen molar-refractivity contribution >= 4 is 39.6 Å². The molecule has 2 aromatic heterocycles. The lowest BCUT2D eigenvalue weighted by Gasteiger charge is -2.08. The average Bonchev–Trinajstić information content (AvgIpc) is 3.11. The molecule has 0 radical (unpaired) electrons. The Balaban J connectivity index is 2.08. The molecule has 0 aromatic carbocycles. The zero-order valence-corrected chi connectivity index (χ0v) is 15.6. The molecule has 1 atom stereocenters. The normalized spacial score (nSPS) is 12.0. The van der Waals surface area contributed by atoms with Crippen LogP contribution in [0.15, 0.2) is 12.1 Å². The van der Waals surface area contributed by atoms with Crippen molar-refractivity contribution in [1.29, 1.82) is 0 Å². The Morgan fingerprint density at radius 2 is 2.08 bits per heavy atom. The molecule has 130 valence electrons. The molecule has 0 aliphatic carbocycles. The highest BCUT2D eigenvalue weighted by Gasteiger charge is 2.17. The highest BCUT2D eigenvalue weighted by molar-refractivity contribution is 7.18. The van der Waals surface area contributed by atoms with Crippen LogP contribution in [0, 0.1) is 6.92 Å². The van der Waals surface area contributed by atoms with Crippen molar-refractivity contribution in [1.82, 2.24) is 10.3 Å². The lowest BCUT2D eigenvalue weighted by Crippen LogP contribution is -2.35. The maximum absolute atomic E-state index is 12.0. The Kier molecular flexibility index (Phi) is 6.47. The van der Waals surface area contributed by atoms with Crippen LogP contribution in [-0.2, 0) is 16.1 Å². The Bertz CT molecular complexity index is 723. The number of thiazole rings is 1. The number of rotatable bonds is 7. The molecule has 0 bridgehead atoms. The van der Waals surface area contributed by atoms with Crippen molar-refractivity contribution in [3.63, 3.8) is 0 Å². The number of thiophene rings is 1. The van der Waals surface area contributed by atoms with Gasteiger partial charge < -0.3 is 16.4 Å². The monoisotopic (exact) mass is 366 g/mol. The van der Waals surface area contributed by atoms with Gasteiger partial charge in [-0.25, -0.2) is 4.98 Å². The molecule has 8 heteroatoms. The third kappa shape index (κ3) is 4.86. The smallest absolute Gasteiger partial charge is 0.243 e. The molecule has 24 heavy (non-hydrogen) atoms. The number of aromatic nitrogens is 1. The van der Waals surface area contributed by atoms with Crippen LogP contribution in [0.2, 0.25) is 0 Å². The highest BCUT2D eigenvalue weighted by Crippen LogP contribution is 2.34. The van der Waals surface area contributed by atoms with Gasteiger partial charge in [-0.2, -0.15) is 0 Å². The van der Waals surface area contributed by atoms with Crippen LogP contribution in [-0.4, -0.2) is 22.8 Å². The van der Waals surface area contributed by atoms with Crippen LogP contribution in [0.1, 0.15) is 36.4 Å². The number of carbonyl (C=O) groups is 2. The quantitative estimate of drug-likeness (QED) is 0.702. The van der Waals surface area contributed by atoms with Gasteiger partial charge >= 0.3 is 0 Å². The molecule has 0 spiro atoms. The largest absolute Gasteiger partial charge is 0.351 e. The van der Waals surface area contributed by atoms with Crippen molar-refractivity contribution in [3.8, 4) is 10.6 Å². The first kappa shape index (κ1) is 18.6. The van der Waals surface area contributed by atoms with E-state index in [2.05, 4.69) is 15.6 Å². The number of nitrogens with zero attached hydrogens (tertiary/aromatic N) is 1. The van der Waals surface area contributed by atoms with Crippen LogP contribution in [0.3, 0.4) is 0 Å². The summed E-state index contributed by atoms with van der Waals surface area (Å²) in [5.74, 6) is -0.252. The van der Waals surface area contributed by atoms with Crippen LogP contribution >= 0.6 is 22.7 Å². The molecule has 2 heterocycles. The second-order valence-corrected chi connectivity index (χ2v) is 7.86. The van der Waals surface area contributed by atoms with Crippen LogP contribution in [0.25, 0.3) is 10.6 Å². The molecular formula is C16H22N4O2S2. The third-order valence-electron chi connectivity index (χ3n) is 3.37. The fourth-order valence-corrected chi connectivity index (χ4v) is 4.02. The van der Waals surface area contributed by atoms with Crippen molar-refractivity contribution < 1.29 is 9.59 Å². The van der Waals surface area contributed by atoms with Crippen LogP contribution < -0.4 is 16.4 Å². The van der Waals surface area contributed by atoms with Gasteiger partial charge in [0.25, 0.3) is 0 Å². The number of nitrogens with two attached hydrogens (primary N) is 1. The van der Waals surface area contributed by atoms with Crippen molar-refractivity contribution in [2.45, 2.75) is 46.2 Å². The second-order valence-electron chi connectivity index (χ2n) is 5.48. The summed E-state index contributed by atoms with van der Waals surface area (Å²) in [6, 6.07) is 3.45. The maximum atomic E-state index is 12.0. The minimum absolute atomic E-state index is 0.0526. The zero-order valence-electron chi connectivity index (χ0n) is 14.0. The van der Waals surface area contributed by atoms with Gasteiger partial charge in [0.1, 0.15) is 0 Å². The fourth-order valence-electron chi connectivity index (χ4n) is 2.13. The van der Waals surface area contributed by atoms with E-state index in [1.165, 1.54) is 18.3 Å². The van der Waals surface area contributed by atoms with Gasteiger partial charge in [-0.1, -0.05) is 13.3 Å². The second kappa shape index (κ2) is 8.36. The molecule has 0 fully saturated rings. The predicted molar refractivity (Wildman–Crippen MR) is 99.2 cm³/mol. The summed E-state index contributed by atoms with van der Waals surface area (Å²) in [6.07, 6.45) is 1.52. The third-order valence-corrected chi connectivity index (χ3v) is 5.35. The molecule has 0 aliphatic rings. The lowest BCUT2D eigenvalue weighted by atomic mass is 10.2. The predicted octanol–water partition coefficient (Wildman–Crippen LogP) is 2.88. The van der Waals surface area contributed by atoms with Gasteiger partial charge in [0, 0.05) is 16.7 Å². The van der Waals surface area contributed by atoms with Crippen LogP contribution in [0.4, 0.5) is 5.13 Å². The van der Waals surface area contributed by atoms with E-state index in [1.54, 1.807) is 11.3 Å². The number of hydrogen-bond donors (Lipinski definition) is 3. The van der Waals surface area contributed by atoms with Crippen molar-refractivity contribution in [2.24, 2.45) is 5.73 Å². The first-order chi connectivity index (χ1) is 11.4. The number of amides is 2. The fraction of sp³-hybridized carbons (Fsp3) is 0.438. The molecule has 2 amide bonds. The molecule has 1 unspecified atom stereocenters. The van der Waals surface area contributed by atoms with E-state index in [9.17, 15) is 9.59 Å². The number of aryl methyl sites for hydroxylation is 1. The lowest BCUT2D eigenvalue weighted by molar-refractivity contribution is -0.119. The van der Waals surface area contributed by atoms with E-state index < -0.39 is 6.04 Å². The van der Waals surface area contributed by atoms with Gasteiger partial charge in [0.05, 0.1) is 23.2 Å². The van der Waals surface area contributed by atoms with E-state index in [0.717, 1.165) is 26.7 Å². The number of nitrogens with one attached hydrogen (secondary N) is 2.